The number of halogens is 3. The highest BCUT2D eigenvalue weighted by molar-refractivity contribution is 5.44. The fourth-order valence-electron chi connectivity index (χ4n) is 3.99. The van der Waals surface area contributed by atoms with Gasteiger partial charge in [0.1, 0.15) is 11.6 Å². The van der Waals surface area contributed by atoms with Gasteiger partial charge in [-0.05, 0) is 29.8 Å². The molecular weight excluding hydrogens is 421 g/mol. The third kappa shape index (κ3) is 4.47. The molecule has 0 saturated carbocycles. The Balaban J connectivity index is 1.62. The Kier molecular flexibility index (Phi) is 6.18. The van der Waals surface area contributed by atoms with Gasteiger partial charge in [-0.3, -0.25) is 4.79 Å². The average Bonchev–Trinajstić information content (AvgIpc) is 3.15. The van der Waals surface area contributed by atoms with E-state index in [2.05, 4.69) is 21.3 Å². The van der Waals surface area contributed by atoms with Crippen molar-refractivity contribution in [3.63, 3.8) is 0 Å². The Hall–Kier alpha value is -3.33. The number of benzene rings is 1. The molecule has 0 bridgehead atoms. The minimum Gasteiger partial charge on any atom is -0.383 e. The van der Waals surface area contributed by atoms with Crippen molar-refractivity contribution in [3.05, 3.63) is 93.6 Å². The molecule has 4 rings (SSSR count). The molecule has 1 aliphatic carbocycles. The van der Waals surface area contributed by atoms with E-state index in [9.17, 15) is 18.0 Å². The van der Waals surface area contributed by atoms with Gasteiger partial charge < -0.3 is 19.5 Å². The minimum absolute atomic E-state index is 0.0285. The van der Waals surface area contributed by atoms with Crippen molar-refractivity contribution in [2.45, 2.75) is 13.5 Å². The van der Waals surface area contributed by atoms with E-state index >= 15 is 0 Å². The van der Waals surface area contributed by atoms with Crippen LogP contribution in [0.15, 0.2) is 65.0 Å². The van der Waals surface area contributed by atoms with Gasteiger partial charge in [-0.15, -0.1) is 0 Å². The summed E-state index contributed by atoms with van der Waals surface area (Å²) in [6, 6.07) is 3.06. The number of nitrogens with zero attached hydrogens (tertiary/aromatic N) is 3. The van der Waals surface area contributed by atoms with E-state index in [1.807, 2.05) is 25.3 Å². The first-order valence-electron chi connectivity index (χ1n) is 10.2. The third-order valence-corrected chi connectivity index (χ3v) is 5.63. The van der Waals surface area contributed by atoms with E-state index in [1.54, 1.807) is 7.11 Å². The lowest BCUT2D eigenvalue weighted by atomic mass is 9.85. The molecule has 0 spiro atoms. The van der Waals surface area contributed by atoms with Gasteiger partial charge in [0, 0.05) is 55.3 Å². The van der Waals surface area contributed by atoms with E-state index in [0.29, 0.717) is 6.61 Å². The number of rotatable bonds is 7. The average molecular weight is 444 g/mol. The molecule has 1 aromatic carbocycles. The topological polar surface area (TPSA) is 59.4 Å². The summed E-state index contributed by atoms with van der Waals surface area (Å²) in [5.74, 6) is -2.28. The van der Waals surface area contributed by atoms with E-state index in [1.165, 1.54) is 4.57 Å². The largest absolute Gasteiger partial charge is 0.383 e. The first-order chi connectivity index (χ1) is 15.4. The zero-order valence-electron chi connectivity index (χ0n) is 17.7. The number of allylic oxidation sites excluding steroid dienone is 4. The number of fused-ring (bicyclic) bond motifs is 1. The Morgan fingerprint density at radius 2 is 1.91 bits per heavy atom. The molecule has 2 heterocycles. The molecule has 9 heteroatoms. The van der Waals surface area contributed by atoms with Crippen LogP contribution in [0.5, 0.6) is 0 Å². The van der Waals surface area contributed by atoms with Crippen LogP contribution in [0, 0.1) is 29.3 Å². The SMILES string of the molecule is COCCN1C=CC2C1=CC=C(Nc1nc(=O)c(F)cn1Cc1cc(F)cc(F)c1)C2C. The second kappa shape index (κ2) is 9.04. The van der Waals surface area contributed by atoms with Crippen molar-refractivity contribution in [1.82, 2.24) is 14.5 Å². The second-order valence-electron chi connectivity index (χ2n) is 7.80. The summed E-state index contributed by atoms with van der Waals surface area (Å²) in [5, 5.41) is 3.12. The van der Waals surface area contributed by atoms with Gasteiger partial charge in [-0.2, -0.15) is 9.37 Å². The van der Waals surface area contributed by atoms with Crippen molar-refractivity contribution in [3.8, 4) is 0 Å². The standard InChI is InChI=1S/C23H23F3N4O2/c1-14-18-5-6-29(7-8-32-2)21(18)4-3-20(14)27-23-28-22(31)19(26)13-30(23)12-15-9-16(24)11-17(25)10-15/h3-6,9-11,13-14,18H,7-8,12H2,1-2H3,(H,27,28,31). The molecule has 2 aliphatic rings. The molecule has 2 unspecified atom stereocenters. The van der Waals surface area contributed by atoms with Crippen molar-refractivity contribution in [1.29, 1.82) is 0 Å². The lowest BCUT2D eigenvalue weighted by molar-refractivity contribution is 0.178. The summed E-state index contributed by atoms with van der Waals surface area (Å²) in [6.45, 7) is 3.30. The molecule has 0 saturated heterocycles. The molecule has 2 aromatic rings. The zero-order valence-corrected chi connectivity index (χ0v) is 17.7. The molecule has 0 radical (unpaired) electrons. The monoisotopic (exact) mass is 444 g/mol. The molecular formula is C23H23F3N4O2. The minimum atomic E-state index is -1.05. The highest BCUT2D eigenvalue weighted by Crippen LogP contribution is 2.38. The maximum absolute atomic E-state index is 14.0. The van der Waals surface area contributed by atoms with E-state index in [-0.39, 0.29) is 29.9 Å². The first kappa shape index (κ1) is 21.9. The van der Waals surface area contributed by atoms with Crippen molar-refractivity contribution in [2.24, 2.45) is 11.8 Å². The summed E-state index contributed by atoms with van der Waals surface area (Å²) in [6.07, 6.45) is 8.98. The van der Waals surface area contributed by atoms with Crippen LogP contribution in [0.4, 0.5) is 19.1 Å². The first-order valence-corrected chi connectivity index (χ1v) is 10.2. The molecule has 0 amide bonds. The van der Waals surface area contributed by atoms with Crippen molar-refractivity contribution in [2.75, 3.05) is 25.6 Å². The van der Waals surface area contributed by atoms with E-state index in [4.69, 9.17) is 4.74 Å². The van der Waals surface area contributed by atoms with Crippen molar-refractivity contribution < 1.29 is 17.9 Å². The van der Waals surface area contributed by atoms with Gasteiger partial charge in [0.15, 0.2) is 0 Å². The van der Waals surface area contributed by atoms with Gasteiger partial charge in [0.05, 0.1) is 13.2 Å². The Morgan fingerprint density at radius 1 is 1.16 bits per heavy atom. The maximum Gasteiger partial charge on any atom is 0.310 e. The normalized spacial score (nSPS) is 19.6. The number of hydrogen-bond donors (Lipinski definition) is 1. The van der Waals surface area contributed by atoms with Gasteiger partial charge in [0.25, 0.3) is 0 Å². The van der Waals surface area contributed by atoms with Gasteiger partial charge in [-0.25, -0.2) is 8.78 Å². The summed E-state index contributed by atoms with van der Waals surface area (Å²) < 4.78 is 47.6. The Morgan fingerprint density at radius 3 is 2.62 bits per heavy atom. The second-order valence-corrected chi connectivity index (χ2v) is 7.80. The number of nitrogens with one attached hydrogen (secondary N) is 1. The highest BCUT2D eigenvalue weighted by Gasteiger charge is 2.32. The molecule has 168 valence electrons. The fraction of sp³-hybridized carbons (Fsp3) is 0.304. The third-order valence-electron chi connectivity index (χ3n) is 5.63. The van der Waals surface area contributed by atoms with Crippen LogP contribution < -0.4 is 10.9 Å². The molecule has 1 aliphatic heterocycles. The van der Waals surface area contributed by atoms with Crippen LogP contribution in [0.2, 0.25) is 0 Å². The quantitative estimate of drug-likeness (QED) is 0.707. The van der Waals surface area contributed by atoms with Crippen LogP contribution in [-0.2, 0) is 11.3 Å². The van der Waals surface area contributed by atoms with Gasteiger partial charge >= 0.3 is 5.56 Å². The zero-order chi connectivity index (χ0) is 22.8. The van der Waals surface area contributed by atoms with Crippen LogP contribution in [0.25, 0.3) is 0 Å². The summed E-state index contributed by atoms with van der Waals surface area (Å²) in [7, 11) is 1.66. The number of methoxy groups -OCH3 is 1. The summed E-state index contributed by atoms with van der Waals surface area (Å²) in [5.41, 5.74) is 1.19. The predicted octanol–water partition coefficient (Wildman–Crippen LogP) is 3.63. The number of ether oxygens (including phenoxy) is 1. The van der Waals surface area contributed by atoms with Gasteiger partial charge in [0.2, 0.25) is 11.8 Å². The smallest absolute Gasteiger partial charge is 0.310 e. The Bertz CT molecular complexity index is 1150. The highest BCUT2D eigenvalue weighted by atomic mass is 19.1. The fourth-order valence-corrected chi connectivity index (χ4v) is 3.99. The molecule has 1 aromatic heterocycles. The van der Waals surface area contributed by atoms with E-state index in [0.717, 1.165) is 42.3 Å². The molecule has 2 atom stereocenters. The number of anilines is 1. The predicted molar refractivity (Wildman–Crippen MR) is 114 cm³/mol. The van der Waals surface area contributed by atoms with Crippen LogP contribution in [0.1, 0.15) is 12.5 Å². The van der Waals surface area contributed by atoms with Crippen LogP contribution in [0.3, 0.4) is 0 Å². The molecule has 32 heavy (non-hydrogen) atoms. The molecule has 1 N–H and O–H groups in total. The number of hydrogen-bond acceptors (Lipinski definition) is 5. The number of aromatic nitrogens is 2. The van der Waals surface area contributed by atoms with E-state index < -0.39 is 23.0 Å². The Labute approximate surface area is 183 Å². The summed E-state index contributed by atoms with van der Waals surface area (Å²) in [4.78, 5) is 17.8. The maximum atomic E-state index is 14.0. The van der Waals surface area contributed by atoms with Gasteiger partial charge in [-0.1, -0.05) is 13.0 Å². The lowest BCUT2D eigenvalue weighted by Crippen LogP contribution is -2.29. The molecule has 6 nitrogen and oxygen atoms in total. The van der Waals surface area contributed by atoms with Crippen LogP contribution >= 0.6 is 0 Å². The molecule has 0 fully saturated rings. The summed E-state index contributed by atoms with van der Waals surface area (Å²) >= 11 is 0. The lowest BCUT2D eigenvalue weighted by Gasteiger charge is -2.30. The van der Waals surface area contributed by atoms with Crippen LogP contribution in [-0.4, -0.2) is 34.7 Å². The van der Waals surface area contributed by atoms with Crippen molar-refractivity contribution >= 4 is 5.95 Å².